The number of azo groups is 1. The van der Waals surface area contributed by atoms with Crippen LogP contribution in [0.25, 0.3) is 11.1 Å². The van der Waals surface area contributed by atoms with Crippen molar-refractivity contribution in [1.82, 2.24) is 9.80 Å². The molecule has 0 N–H and O–H groups in total. The minimum absolute atomic E-state index is 0.521. The number of hydrogen-bond acceptors (Lipinski definition) is 8. The maximum atomic E-state index is 10.1. The molecular formula is C32H34N6S4. The number of thiocarbonyl (C=S) groups is 2. The van der Waals surface area contributed by atoms with E-state index in [4.69, 9.17) is 24.4 Å². The highest BCUT2D eigenvalue weighted by atomic mass is 32.2. The summed E-state index contributed by atoms with van der Waals surface area (Å²) >= 11 is 14.6. The Kier molecular flexibility index (Phi) is 11.3. The van der Waals surface area contributed by atoms with Crippen molar-refractivity contribution >= 4 is 67.7 Å². The second kappa shape index (κ2) is 14.9. The summed E-state index contributed by atoms with van der Waals surface area (Å²) in [7, 11) is 0. The zero-order chi connectivity index (χ0) is 30.0. The molecule has 2 aliphatic rings. The Balaban J connectivity index is 1.25. The minimum Gasteiger partial charge on any atom is -0.357 e. The molecule has 2 saturated heterocycles. The van der Waals surface area contributed by atoms with Crippen LogP contribution in [-0.4, -0.2) is 67.2 Å². The fourth-order valence-corrected chi connectivity index (χ4v) is 7.15. The molecule has 2 aliphatic heterocycles. The van der Waals surface area contributed by atoms with Gasteiger partial charge in [0.05, 0.1) is 12.1 Å². The molecule has 0 saturated carbocycles. The van der Waals surface area contributed by atoms with Crippen LogP contribution in [0.5, 0.6) is 0 Å². The Morgan fingerprint density at radius 3 is 1.33 bits per heavy atom. The molecule has 10 heteroatoms. The van der Waals surface area contributed by atoms with Gasteiger partial charge in [0.1, 0.15) is 8.64 Å². The third-order valence-corrected chi connectivity index (χ3v) is 10.9. The minimum atomic E-state index is -0.936. The first-order valence-electron chi connectivity index (χ1n) is 13.9. The molecule has 2 aromatic rings. The summed E-state index contributed by atoms with van der Waals surface area (Å²) in [5.74, 6) is 1.43. The van der Waals surface area contributed by atoms with Gasteiger partial charge in [0.15, 0.2) is 11.1 Å². The van der Waals surface area contributed by atoms with Gasteiger partial charge < -0.3 is 9.80 Å². The van der Waals surface area contributed by atoms with Crippen molar-refractivity contribution in [2.75, 3.05) is 37.7 Å². The van der Waals surface area contributed by atoms with Crippen LogP contribution in [0.1, 0.15) is 36.8 Å². The average molecular weight is 631 g/mol. The van der Waals surface area contributed by atoms with Gasteiger partial charge in [-0.3, -0.25) is 0 Å². The van der Waals surface area contributed by atoms with Crippen molar-refractivity contribution in [3.05, 3.63) is 84.9 Å². The van der Waals surface area contributed by atoms with Gasteiger partial charge >= 0.3 is 0 Å². The van der Waals surface area contributed by atoms with Crippen LogP contribution in [0.15, 0.2) is 84.1 Å². The fraction of sp³-hybridized carbons (Fsp3) is 0.375. The quantitative estimate of drug-likeness (QED) is 0.218. The highest BCUT2D eigenvalue weighted by Crippen LogP contribution is 2.34. The Morgan fingerprint density at radius 1 is 0.690 bits per heavy atom. The van der Waals surface area contributed by atoms with Crippen LogP contribution in [-0.2, 0) is 0 Å². The summed E-state index contributed by atoms with van der Waals surface area (Å²) in [4.78, 5) is 4.26. The zero-order valence-corrected chi connectivity index (χ0v) is 26.8. The van der Waals surface area contributed by atoms with Gasteiger partial charge in [-0.2, -0.15) is 20.8 Å². The molecule has 216 valence electrons. The molecule has 0 atom stereocenters. The molecule has 2 aromatic carbocycles. The molecule has 2 fully saturated rings. The van der Waals surface area contributed by atoms with Gasteiger partial charge in [0.25, 0.3) is 0 Å². The molecule has 0 radical (unpaired) electrons. The summed E-state index contributed by atoms with van der Waals surface area (Å²) in [5, 5.41) is 29.2. The average Bonchev–Trinajstić information content (AvgIpc) is 3.06. The van der Waals surface area contributed by atoms with E-state index in [-0.39, 0.29) is 0 Å². The third kappa shape index (κ3) is 8.29. The number of thioether (sulfide) groups is 2. The van der Waals surface area contributed by atoms with Crippen molar-refractivity contribution in [1.29, 1.82) is 10.5 Å². The lowest BCUT2D eigenvalue weighted by Gasteiger charge is -2.37. The molecule has 0 aliphatic carbocycles. The summed E-state index contributed by atoms with van der Waals surface area (Å²) in [6.07, 6.45) is 2.08. The Hall–Kier alpha value is -3.02. The van der Waals surface area contributed by atoms with Crippen LogP contribution < -0.4 is 0 Å². The molecule has 0 aromatic heterocycles. The highest BCUT2D eigenvalue weighted by molar-refractivity contribution is 8.23. The number of benzene rings is 2. The monoisotopic (exact) mass is 630 g/mol. The van der Waals surface area contributed by atoms with Gasteiger partial charge in [-0.25, -0.2) is 0 Å². The largest absolute Gasteiger partial charge is 0.357 e. The summed E-state index contributed by atoms with van der Waals surface area (Å²) in [6, 6.07) is 25.0. The molecule has 0 spiro atoms. The van der Waals surface area contributed by atoms with E-state index in [0.717, 1.165) is 30.9 Å². The smallest absolute Gasteiger partial charge is 0.170 e. The second-order valence-electron chi connectivity index (χ2n) is 10.5. The molecule has 2 heterocycles. The number of nitriles is 2. The maximum absolute atomic E-state index is 10.1. The van der Waals surface area contributed by atoms with E-state index in [0.29, 0.717) is 63.4 Å². The molecule has 42 heavy (non-hydrogen) atoms. The van der Waals surface area contributed by atoms with Gasteiger partial charge in [-0.05, 0) is 22.3 Å². The SMILES string of the molecule is C=C(CSC(=S)N1CCC(C#N)(N=NC2(C#N)CCN(C(=S)SCC(=C)c3ccccc3)CC2)CC1)c1ccccc1. The topological polar surface area (TPSA) is 78.8 Å². The zero-order valence-electron chi connectivity index (χ0n) is 23.6. The van der Waals surface area contributed by atoms with Crippen molar-refractivity contribution < 1.29 is 0 Å². The molecule has 0 unspecified atom stereocenters. The Morgan fingerprint density at radius 2 is 1.02 bits per heavy atom. The van der Waals surface area contributed by atoms with E-state index < -0.39 is 11.1 Å². The van der Waals surface area contributed by atoms with Crippen molar-refractivity contribution in [2.45, 2.75) is 36.8 Å². The van der Waals surface area contributed by atoms with Gasteiger partial charge in [-0.15, -0.1) is 0 Å². The first kappa shape index (κ1) is 31.9. The second-order valence-corrected chi connectivity index (χ2v) is 13.7. The van der Waals surface area contributed by atoms with Crippen LogP contribution in [0.3, 0.4) is 0 Å². The summed E-state index contributed by atoms with van der Waals surface area (Å²) in [5.41, 5.74) is 2.42. The Labute approximate surface area is 268 Å². The first-order chi connectivity index (χ1) is 20.3. The van der Waals surface area contributed by atoms with Crippen molar-refractivity contribution in [3.63, 3.8) is 0 Å². The lowest BCUT2D eigenvalue weighted by atomic mass is 9.89. The fourth-order valence-electron chi connectivity index (χ4n) is 4.77. The van der Waals surface area contributed by atoms with Crippen molar-refractivity contribution in [2.24, 2.45) is 10.2 Å². The third-order valence-electron chi connectivity index (χ3n) is 7.65. The van der Waals surface area contributed by atoms with E-state index in [1.807, 2.05) is 36.4 Å². The molecule has 0 bridgehead atoms. The number of nitrogens with zero attached hydrogens (tertiary/aromatic N) is 6. The van der Waals surface area contributed by atoms with E-state index >= 15 is 0 Å². The van der Waals surface area contributed by atoms with E-state index in [9.17, 15) is 10.5 Å². The summed E-state index contributed by atoms with van der Waals surface area (Å²) < 4.78 is 1.61. The summed E-state index contributed by atoms with van der Waals surface area (Å²) in [6.45, 7) is 10.9. The lowest BCUT2D eigenvalue weighted by Crippen LogP contribution is -2.45. The number of hydrogen-bond donors (Lipinski definition) is 0. The van der Waals surface area contributed by atoms with Crippen LogP contribution in [0.4, 0.5) is 0 Å². The van der Waals surface area contributed by atoms with Crippen LogP contribution in [0.2, 0.25) is 0 Å². The van der Waals surface area contributed by atoms with Crippen LogP contribution >= 0.6 is 48.0 Å². The van der Waals surface area contributed by atoms with Crippen LogP contribution in [0, 0.1) is 22.7 Å². The standard InChI is InChI=1S/C32H34N6S4/c1-25(27-9-5-3-6-10-27)21-41-29(39)37-17-13-31(23-33,14-18-37)35-36-32(24-34)15-19-38(20-16-32)30(40)42-22-26(2)28-11-7-4-8-12-28/h3-12H,1-2,13-22H2. The molecule has 4 rings (SSSR count). The number of rotatable bonds is 8. The predicted molar refractivity (Wildman–Crippen MR) is 184 cm³/mol. The maximum Gasteiger partial charge on any atom is 0.170 e. The van der Waals surface area contributed by atoms with Crippen molar-refractivity contribution in [3.8, 4) is 12.1 Å². The molecule has 0 amide bonds. The Bertz CT molecular complexity index is 1290. The number of piperidine rings is 2. The van der Waals surface area contributed by atoms with E-state index in [1.165, 1.54) is 0 Å². The number of likely N-dealkylation sites (tertiary alicyclic amines) is 2. The van der Waals surface area contributed by atoms with Gasteiger partial charge in [-0.1, -0.05) is 122 Å². The lowest BCUT2D eigenvalue weighted by molar-refractivity contribution is 0.244. The first-order valence-corrected chi connectivity index (χ1v) is 16.6. The molecule has 6 nitrogen and oxygen atoms in total. The van der Waals surface area contributed by atoms with Gasteiger partial charge in [0.2, 0.25) is 0 Å². The predicted octanol–water partition coefficient (Wildman–Crippen LogP) is 7.62. The highest BCUT2D eigenvalue weighted by Gasteiger charge is 2.40. The van der Waals surface area contributed by atoms with E-state index in [2.05, 4.69) is 69.6 Å². The van der Waals surface area contributed by atoms with E-state index in [1.54, 1.807) is 23.5 Å². The normalized spacial score (nSPS) is 17.7. The molecular weight excluding hydrogens is 597 g/mol. The van der Waals surface area contributed by atoms with Gasteiger partial charge in [0, 0.05) is 63.4 Å².